The van der Waals surface area contributed by atoms with Gasteiger partial charge in [0, 0.05) is 56.1 Å². The first-order valence-corrected chi connectivity index (χ1v) is 9.41. The maximum atomic E-state index is 12.6. The second-order valence-corrected chi connectivity index (χ2v) is 6.51. The summed E-state index contributed by atoms with van der Waals surface area (Å²) in [4.78, 5) is 24.6. The molecule has 0 radical (unpaired) electrons. The summed E-state index contributed by atoms with van der Waals surface area (Å²) in [6.45, 7) is 4.55. The predicted molar refractivity (Wildman–Crippen MR) is 106 cm³/mol. The number of amides is 1. The minimum Gasteiger partial charge on any atom is -0.382 e. The molecule has 3 aromatic rings. The SMILES string of the molecule is CCOCCCNC(=O)CCCn1c2ccccc2c2cnn(C)c(=O)c21. The number of hydrogen-bond donors (Lipinski definition) is 1. The van der Waals surface area contributed by atoms with Crippen LogP contribution in [-0.4, -0.2) is 40.0 Å². The minimum absolute atomic E-state index is 0.0295. The average Bonchev–Trinajstić information content (AvgIpc) is 2.99. The molecule has 0 fully saturated rings. The van der Waals surface area contributed by atoms with E-state index in [2.05, 4.69) is 10.4 Å². The zero-order valence-corrected chi connectivity index (χ0v) is 15.9. The molecular formula is C20H26N4O3. The molecule has 7 heteroatoms. The number of ether oxygens (including phenoxy) is 1. The van der Waals surface area contributed by atoms with Gasteiger partial charge < -0.3 is 14.6 Å². The van der Waals surface area contributed by atoms with Crippen molar-refractivity contribution >= 4 is 27.7 Å². The molecule has 2 heterocycles. The summed E-state index contributed by atoms with van der Waals surface area (Å²) in [6.07, 6.45) is 3.64. The van der Waals surface area contributed by atoms with Crippen LogP contribution in [0, 0.1) is 0 Å². The Labute approximate surface area is 157 Å². The lowest BCUT2D eigenvalue weighted by Gasteiger charge is -2.08. The van der Waals surface area contributed by atoms with Gasteiger partial charge in [0.05, 0.1) is 6.20 Å². The first-order valence-electron chi connectivity index (χ1n) is 9.41. The van der Waals surface area contributed by atoms with Crippen LogP contribution in [0.25, 0.3) is 21.8 Å². The Morgan fingerprint density at radius 3 is 2.85 bits per heavy atom. The average molecular weight is 370 g/mol. The van der Waals surface area contributed by atoms with E-state index in [4.69, 9.17) is 4.74 Å². The number of para-hydroxylation sites is 1. The number of fused-ring (bicyclic) bond motifs is 3. The van der Waals surface area contributed by atoms with Crippen molar-refractivity contribution < 1.29 is 9.53 Å². The third-order valence-corrected chi connectivity index (χ3v) is 4.64. The number of aromatic nitrogens is 3. The molecule has 1 N–H and O–H groups in total. The molecule has 1 aromatic carbocycles. The number of carbonyl (C=O) groups is 1. The van der Waals surface area contributed by atoms with E-state index in [0.29, 0.717) is 44.7 Å². The van der Waals surface area contributed by atoms with Gasteiger partial charge in [0.2, 0.25) is 5.91 Å². The van der Waals surface area contributed by atoms with E-state index >= 15 is 0 Å². The molecule has 0 aliphatic heterocycles. The molecule has 144 valence electrons. The van der Waals surface area contributed by atoms with E-state index < -0.39 is 0 Å². The molecule has 7 nitrogen and oxygen atoms in total. The van der Waals surface area contributed by atoms with Crippen LogP contribution in [0.2, 0.25) is 0 Å². The number of hydrogen-bond acceptors (Lipinski definition) is 4. The summed E-state index contributed by atoms with van der Waals surface area (Å²) in [5.74, 6) is 0.0295. The molecule has 0 atom stereocenters. The van der Waals surface area contributed by atoms with E-state index in [1.54, 1.807) is 13.2 Å². The Bertz CT molecular complexity index is 990. The van der Waals surface area contributed by atoms with Crippen molar-refractivity contribution in [2.45, 2.75) is 32.7 Å². The van der Waals surface area contributed by atoms with Crippen molar-refractivity contribution in [1.82, 2.24) is 19.7 Å². The van der Waals surface area contributed by atoms with Gasteiger partial charge >= 0.3 is 0 Å². The zero-order valence-electron chi connectivity index (χ0n) is 15.9. The number of nitrogens with zero attached hydrogens (tertiary/aromatic N) is 3. The highest BCUT2D eigenvalue weighted by molar-refractivity contribution is 6.07. The van der Waals surface area contributed by atoms with Gasteiger partial charge in [0.25, 0.3) is 5.56 Å². The number of carbonyl (C=O) groups excluding carboxylic acids is 1. The van der Waals surface area contributed by atoms with Crippen molar-refractivity contribution in [1.29, 1.82) is 0 Å². The van der Waals surface area contributed by atoms with Crippen molar-refractivity contribution in [3.8, 4) is 0 Å². The minimum atomic E-state index is -0.121. The Balaban J connectivity index is 1.70. The van der Waals surface area contributed by atoms with Gasteiger partial charge in [-0.05, 0) is 25.8 Å². The Morgan fingerprint density at radius 1 is 1.22 bits per heavy atom. The third-order valence-electron chi connectivity index (χ3n) is 4.64. The second-order valence-electron chi connectivity index (χ2n) is 6.51. The van der Waals surface area contributed by atoms with Gasteiger partial charge in [-0.3, -0.25) is 9.59 Å². The second kappa shape index (κ2) is 8.81. The van der Waals surface area contributed by atoms with Crippen LogP contribution in [0.15, 0.2) is 35.3 Å². The maximum absolute atomic E-state index is 12.6. The quantitative estimate of drug-likeness (QED) is 0.586. The van der Waals surface area contributed by atoms with Crippen LogP contribution in [0.5, 0.6) is 0 Å². The van der Waals surface area contributed by atoms with Gasteiger partial charge in [-0.2, -0.15) is 5.10 Å². The number of nitrogens with one attached hydrogen (secondary N) is 1. The molecule has 0 bridgehead atoms. The normalized spacial score (nSPS) is 11.3. The van der Waals surface area contributed by atoms with Crippen molar-refractivity contribution in [2.75, 3.05) is 19.8 Å². The highest BCUT2D eigenvalue weighted by Gasteiger charge is 2.14. The summed E-state index contributed by atoms with van der Waals surface area (Å²) < 4.78 is 8.62. The number of aryl methyl sites for hydroxylation is 2. The monoisotopic (exact) mass is 370 g/mol. The largest absolute Gasteiger partial charge is 0.382 e. The summed E-state index contributed by atoms with van der Waals surface area (Å²) in [5.41, 5.74) is 1.52. The summed E-state index contributed by atoms with van der Waals surface area (Å²) in [6, 6.07) is 7.92. The highest BCUT2D eigenvalue weighted by Crippen LogP contribution is 2.26. The molecule has 0 saturated carbocycles. The number of benzene rings is 1. The molecule has 0 spiro atoms. The fraction of sp³-hybridized carbons (Fsp3) is 0.450. The van der Waals surface area contributed by atoms with Crippen molar-refractivity contribution in [3.05, 3.63) is 40.8 Å². The zero-order chi connectivity index (χ0) is 19.2. The molecule has 3 rings (SSSR count). The van der Waals surface area contributed by atoms with Crippen molar-refractivity contribution in [3.63, 3.8) is 0 Å². The Kier molecular flexibility index (Phi) is 6.24. The summed E-state index contributed by atoms with van der Waals surface area (Å²) >= 11 is 0. The summed E-state index contributed by atoms with van der Waals surface area (Å²) in [5, 5.41) is 8.93. The predicted octanol–water partition coefficient (Wildman–Crippen LogP) is 2.21. The lowest BCUT2D eigenvalue weighted by atomic mass is 10.2. The lowest BCUT2D eigenvalue weighted by Crippen LogP contribution is -2.25. The third kappa shape index (κ3) is 4.19. The van der Waals surface area contributed by atoms with Gasteiger partial charge in [-0.15, -0.1) is 0 Å². The van der Waals surface area contributed by atoms with Crippen LogP contribution < -0.4 is 10.9 Å². The Hall–Kier alpha value is -2.67. The van der Waals surface area contributed by atoms with Crippen molar-refractivity contribution in [2.24, 2.45) is 7.05 Å². The van der Waals surface area contributed by atoms with E-state index in [0.717, 1.165) is 22.7 Å². The first-order chi connectivity index (χ1) is 13.1. The van der Waals surface area contributed by atoms with E-state index in [1.165, 1.54) is 4.68 Å². The van der Waals surface area contributed by atoms with Gasteiger partial charge in [0.15, 0.2) is 0 Å². The van der Waals surface area contributed by atoms with Crippen LogP contribution >= 0.6 is 0 Å². The lowest BCUT2D eigenvalue weighted by molar-refractivity contribution is -0.121. The van der Waals surface area contributed by atoms with Crippen LogP contribution in [-0.2, 0) is 23.1 Å². The number of rotatable bonds is 9. The molecule has 27 heavy (non-hydrogen) atoms. The smallest absolute Gasteiger partial charge is 0.291 e. The topological polar surface area (TPSA) is 78.2 Å². The van der Waals surface area contributed by atoms with E-state index in [-0.39, 0.29) is 11.5 Å². The van der Waals surface area contributed by atoms with E-state index in [9.17, 15) is 9.59 Å². The highest BCUT2D eigenvalue weighted by atomic mass is 16.5. The Morgan fingerprint density at radius 2 is 2.04 bits per heavy atom. The van der Waals surface area contributed by atoms with Gasteiger partial charge in [-0.1, -0.05) is 18.2 Å². The molecule has 0 aliphatic rings. The standard InChI is InChI=1S/C20H26N4O3/c1-3-27-13-7-11-21-18(25)10-6-12-24-17-9-5-4-8-15(17)16-14-22-23(2)20(26)19(16)24/h4-5,8-9,14H,3,6-7,10-13H2,1-2H3,(H,21,25). The van der Waals surface area contributed by atoms with Crippen LogP contribution in [0.1, 0.15) is 26.2 Å². The van der Waals surface area contributed by atoms with Gasteiger partial charge in [-0.25, -0.2) is 4.68 Å². The van der Waals surface area contributed by atoms with E-state index in [1.807, 2.05) is 35.8 Å². The molecule has 0 unspecified atom stereocenters. The maximum Gasteiger partial charge on any atom is 0.291 e. The summed E-state index contributed by atoms with van der Waals surface area (Å²) in [7, 11) is 1.65. The molecule has 0 saturated heterocycles. The molecule has 2 aromatic heterocycles. The fourth-order valence-corrected chi connectivity index (χ4v) is 3.31. The van der Waals surface area contributed by atoms with Gasteiger partial charge in [0.1, 0.15) is 5.52 Å². The first kappa shape index (κ1) is 19.1. The molecule has 1 amide bonds. The van der Waals surface area contributed by atoms with Crippen LogP contribution in [0.4, 0.5) is 0 Å². The fourth-order valence-electron chi connectivity index (χ4n) is 3.31. The molecule has 0 aliphatic carbocycles. The molecular weight excluding hydrogens is 344 g/mol. The van der Waals surface area contributed by atoms with Crippen LogP contribution in [0.3, 0.4) is 0 Å².